The van der Waals surface area contributed by atoms with E-state index in [-0.39, 0.29) is 11.8 Å². The smallest absolute Gasteiger partial charge is 0.370 e. The Morgan fingerprint density at radius 1 is 1.32 bits per heavy atom. The fourth-order valence-corrected chi connectivity index (χ4v) is 1.25. The van der Waals surface area contributed by atoms with E-state index in [1.165, 1.54) is 7.11 Å². The molecule has 0 heterocycles. The Kier molecular flexibility index (Phi) is 5.81. The summed E-state index contributed by atoms with van der Waals surface area (Å²) in [5, 5.41) is 3.34. The molecular formula is C12H13ClN2O4. The average Bonchev–Trinajstić information content (AvgIpc) is 2.44. The summed E-state index contributed by atoms with van der Waals surface area (Å²) in [5.41, 5.74) is 3.55. The standard InChI is InChI=1S/C12H13ClN2O4/c1-3-19-12(17)10(13)15-14-9-6-4-8(5-7-9)11(16)18-2/h4-7,14H,3H2,1-2H3/b15-10-. The van der Waals surface area contributed by atoms with Crippen molar-refractivity contribution in [1.82, 2.24) is 0 Å². The normalized spacial score (nSPS) is 10.8. The van der Waals surface area contributed by atoms with Crippen LogP contribution in [0, 0.1) is 0 Å². The summed E-state index contributed by atoms with van der Waals surface area (Å²) in [7, 11) is 1.30. The van der Waals surface area contributed by atoms with Crippen LogP contribution in [0.3, 0.4) is 0 Å². The van der Waals surface area contributed by atoms with Gasteiger partial charge in [-0.05, 0) is 31.2 Å². The van der Waals surface area contributed by atoms with Crippen molar-refractivity contribution in [3.05, 3.63) is 29.8 Å². The lowest BCUT2D eigenvalue weighted by molar-refractivity contribution is -0.134. The van der Waals surface area contributed by atoms with E-state index in [1.54, 1.807) is 31.2 Å². The summed E-state index contributed by atoms with van der Waals surface area (Å²) < 4.78 is 9.22. The number of hydrazone groups is 1. The van der Waals surface area contributed by atoms with Gasteiger partial charge in [-0.15, -0.1) is 0 Å². The molecule has 0 aliphatic heterocycles. The lowest BCUT2D eigenvalue weighted by Gasteiger charge is -2.03. The minimum atomic E-state index is -0.706. The molecule has 0 aliphatic rings. The molecule has 0 unspecified atom stereocenters. The number of ether oxygens (including phenoxy) is 2. The minimum absolute atomic E-state index is 0.221. The molecule has 102 valence electrons. The van der Waals surface area contributed by atoms with E-state index in [9.17, 15) is 9.59 Å². The third-order valence-electron chi connectivity index (χ3n) is 2.03. The number of halogens is 1. The Bertz CT molecular complexity index is 485. The maximum absolute atomic E-state index is 11.2. The monoisotopic (exact) mass is 284 g/mol. The van der Waals surface area contributed by atoms with Crippen LogP contribution >= 0.6 is 11.6 Å². The molecule has 0 atom stereocenters. The number of nitrogens with zero attached hydrogens (tertiary/aromatic N) is 1. The minimum Gasteiger partial charge on any atom is -0.465 e. The topological polar surface area (TPSA) is 77.0 Å². The van der Waals surface area contributed by atoms with E-state index in [2.05, 4.69) is 20.0 Å². The Hall–Kier alpha value is -2.08. The van der Waals surface area contributed by atoms with Gasteiger partial charge in [0, 0.05) is 0 Å². The molecular weight excluding hydrogens is 272 g/mol. The molecule has 0 radical (unpaired) electrons. The predicted octanol–water partition coefficient (Wildman–Crippen LogP) is 2.00. The molecule has 0 spiro atoms. The lowest BCUT2D eigenvalue weighted by Crippen LogP contribution is -2.13. The Morgan fingerprint density at radius 3 is 2.47 bits per heavy atom. The van der Waals surface area contributed by atoms with Crippen LogP contribution in [-0.4, -0.2) is 30.8 Å². The maximum Gasteiger partial charge on any atom is 0.370 e. The number of carbonyl (C=O) groups excluding carboxylic acids is 2. The molecule has 0 amide bonds. The van der Waals surface area contributed by atoms with Gasteiger partial charge in [0.1, 0.15) is 0 Å². The average molecular weight is 285 g/mol. The van der Waals surface area contributed by atoms with Crippen LogP contribution < -0.4 is 5.43 Å². The Morgan fingerprint density at radius 2 is 1.95 bits per heavy atom. The van der Waals surface area contributed by atoms with E-state index in [0.29, 0.717) is 11.3 Å². The molecule has 0 saturated carbocycles. The molecule has 1 rings (SSSR count). The summed E-state index contributed by atoms with van der Waals surface area (Å²) in [4.78, 5) is 22.4. The van der Waals surface area contributed by atoms with Gasteiger partial charge in [0.2, 0.25) is 5.17 Å². The van der Waals surface area contributed by atoms with Gasteiger partial charge in [0.05, 0.1) is 25.0 Å². The quantitative estimate of drug-likeness (QED) is 0.508. The number of carbonyl (C=O) groups is 2. The third-order valence-corrected chi connectivity index (χ3v) is 2.27. The molecule has 19 heavy (non-hydrogen) atoms. The summed E-state index contributed by atoms with van der Waals surface area (Å²) in [5.74, 6) is -1.14. The van der Waals surface area contributed by atoms with Crippen molar-refractivity contribution in [2.45, 2.75) is 6.92 Å². The zero-order valence-electron chi connectivity index (χ0n) is 10.5. The number of hydrogen-bond acceptors (Lipinski definition) is 6. The second-order valence-electron chi connectivity index (χ2n) is 3.30. The number of hydrogen-bond donors (Lipinski definition) is 1. The van der Waals surface area contributed by atoms with Gasteiger partial charge in [-0.25, -0.2) is 9.59 Å². The summed E-state index contributed by atoms with van der Waals surface area (Å²) >= 11 is 5.60. The molecule has 0 aliphatic carbocycles. The van der Waals surface area contributed by atoms with Gasteiger partial charge in [-0.1, -0.05) is 11.6 Å². The lowest BCUT2D eigenvalue weighted by atomic mass is 10.2. The summed E-state index contributed by atoms with van der Waals surface area (Å²) in [6.45, 7) is 1.89. The largest absolute Gasteiger partial charge is 0.465 e. The predicted molar refractivity (Wildman–Crippen MR) is 71.3 cm³/mol. The molecule has 1 N–H and O–H groups in total. The van der Waals surface area contributed by atoms with Gasteiger partial charge >= 0.3 is 11.9 Å². The number of anilines is 1. The first-order chi connectivity index (χ1) is 9.08. The van der Waals surface area contributed by atoms with Crippen molar-refractivity contribution in [1.29, 1.82) is 0 Å². The molecule has 1 aromatic rings. The van der Waals surface area contributed by atoms with Crippen LogP contribution in [0.25, 0.3) is 0 Å². The number of nitrogens with one attached hydrogen (secondary N) is 1. The molecule has 1 aromatic carbocycles. The number of methoxy groups -OCH3 is 1. The van der Waals surface area contributed by atoms with E-state index in [4.69, 9.17) is 11.6 Å². The van der Waals surface area contributed by atoms with Crippen molar-refractivity contribution in [3.63, 3.8) is 0 Å². The molecule has 0 saturated heterocycles. The third kappa shape index (κ3) is 4.59. The van der Waals surface area contributed by atoms with Crippen LogP contribution in [0.1, 0.15) is 17.3 Å². The molecule has 0 aromatic heterocycles. The summed E-state index contributed by atoms with van der Waals surface area (Å²) in [6, 6.07) is 6.32. The van der Waals surface area contributed by atoms with Gasteiger partial charge in [0.15, 0.2) is 0 Å². The fraction of sp³-hybridized carbons (Fsp3) is 0.250. The fourth-order valence-electron chi connectivity index (χ4n) is 1.15. The number of esters is 2. The van der Waals surface area contributed by atoms with Crippen molar-refractivity contribution in [2.75, 3.05) is 19.1 Å². The van der Waals surface area contributed by atoms with E-state index in [0.717, 1.165) is 0 Å². The highest BCUT2D eigenvalue weighted by Gasteiger charge is 2.09. The number of benzene rings is 1. The first-order valence-corrected chi connectivity index (χ1v) is 5.81. The van der Waals surface area contributed by atoms with Gasteiger partial charge in [-0.2, -0.15) is 5.10 Å². The highest BCUT2D eigenvalue weighted by molar-refractivity contribution is 6.82. The van der Waals surface area contributed by atoms with Crippen LogP contribution in [0.2, 0.25) is 0 Å². The van der Waals surface area contributed by atoms with E-state index in [1.807, 2.05) is 0 Å². The van der Waals surface area contributed by atoms with Gasteiger partial charge < -0.3 is 9.47 Å². The highest BCUT2D eigenvalue weighted by Crippen LogP contribution is 2.10. The molecule has 7 heteroatoms. The number of rotatable bonds is 5. The highest BCUT2D eigenvalue weighted by atomic mass is 35.5. The van der Waals surface area contributed by atoms with Crippen LogP contribution in [-0.2, 0) is 14.3 Å². The van der Waals surface area contributed by atoms with Gasteiger partial charge in [0.25, 0.3) is 0 Å². The second-order valence-corrected chi connectivity index (χ2v) is 3.66. The van der Waals surface area contributed by atoms with Crippen molar-refractivity contribution < 1.29 is 19.1 Å². The second kappa shape index (κ2) is 7.38. The first-order valence-electron chi connectivity index (χ1n) is 5.43. The Labute approximate surface area is 115 Å². The molecule has 0 fully saturated rings. The van der Waals surface area contributed by atoms with Gasteiger partial charge in [-0.3, -0.25) is 5.43 Å². The van der Waals surface area contributed by atoms with Crippen LogP contribution in [0.5, 0.6) is 0 Å². The van der Waals surface area contributed by atoms with Crippen molar-refractivity contribution in [3.8, 4) is 0 Å². The molecule has 6 nitrogen and oxygen atoms in total. The first kappa shape index (κ1) is 15.0. The zero-order chi connectivity index (χ0) is 14.3. The summed E-state index contributed by atoms with van der Waals surface area (Å²) in [6.07, 6.45) is 0. The SMILES string of the molecule is CCOC(=O)/C(Cl)=N/Nc1ccc(C(=O)OC)cc1. The van der Waals surface area contributed by atoms with Crippen molar-refractivity contribution in [2.24, 2.45) is 5.10 Å². The Balaban J connectivity index is 2.66. The van der Waals surface area contributed by atoms with Crippen LogP contribution in [0.4, 0.5) is 5.69 Å². The zero-order valence-corrected chi connectivity index (χ0v) is 11.2. The van der Waals surface area contributed by atoms with E-state index < -0.39 is 11.9 Å². The van der Waals surface area contributed by atoms with Crippen molar-refractivity contribution >= 4 is 34.4 Å². The van der Waals surface area contributed by atoms with Crippen LogP contribution in [0.15, 0.2) is 29.4 Å². The van der Waals surface area contributed by atoms with E-state index >= 15 is 0 Å². The molecule has 0 bridgehead atoms. The maximum atomic E-state index is 11.2.